The van der Waals surface area contributed by atoms with E-state index in [1.54, 1.807) is 35.3 Å². The summed E-state index contributed by atoms with van der Waals surface area (Å²) in [6.07, 6.45) is 19.3. The lowest BCUT2D eigenvalue weighted by atomic mass is 10.1. The van der Waals surface area contributed by atoms with Gasteiger partial charge in [0.05, 0.1) is 75.2 Å². The number of aromatic nitrogens is 15. The Hall–Kier alpha value is -8.82. The van der Waals surface area contributed by atoms with E-state index in [0.717, 1.165) is 95.2 Å². The van der Waals surface area contributed by atoms with Crippen molar-refractivity contribution in [1.82, 2.24) is 74.9 Å². The molecule has 0 amide bonds. The Kier molecular flexibility index (Phi) is 14.3. The average Bonchev–Trinajstić information content (AvgIpc) is 4.42. The predicted octanol–water partition coefficient (Wildman–Crippen LogP) is 13.4. The molecule has 3 N–H and O–H groups in total. The van der Waals surface area contributed by atoms with Crippen molar-refractivity contribution in [1.29, 1.82) is 0 Å². The van der Waals surface area contributed by atoms with E-state index in [1.165, 1.54) is 60.9 Å². The lowest BCUT2D eigenvalue weighted by Crippen LogP contribution is -2.09. The fourth-order valence-corrected chi connectivity index (χ4v) is 11.4. The molecule has 408 valence electrons. The molecule has 3 atom stereocenters. The van der Waals surface area contributed by atoms with Gasteiger partial charge in [0.2, 0.25) is 5.71 Å². The van der Waals surface area contributed by atoms with Crippen molar-refractivity contribution in [3.63, 3.8) is 0 Å². The number of anilines is 3. The predicted molar refractivity (Wildman–Crippen MR) is 317 cm³/mol. The van der Waals surface area contributed by atoms with Crippen molar-refractivity contribution in [3.05, 3.63) is 178 Å². The summed E-state index contributed by atoms with van der Waals surface area (Å²) in [5.41, 5.74) is 10.5. The van der Waals surface area contributed by atoms with Gasteiger partial charge in [-0.1, -0.05) is 59.0 Å². The van der Waals surface area contributed by atoms with Crippen molar-refractivity contribution in [2.24, 2.45) is 0 Å². The minimum atomic E-state index is 0.0924. The van der Waals surface area contributed by atoms with E-state index < -0.39 is 0 Å². The largest absolute Gasteiger partial charge is 0.446 e. The zero-order valence-electron chi connectivity index (χ0n) is 45.5. The van der Waals surface area contributed by atoms with Gasteiger partial charge >= 0.3 is 0 Å². The maximum absolute atomic E-state index is 5.33. The maximum Gasteiger partial charge on any atom is 0.231 e. The molecule has 3 aromatic carbocycles. The van der Waals surface area contributed by atoms with Crippen LogP contribution in [-0.2, 0) is 6.42 Å². The van der Waals surface area contributed by atoms with Crippen molar-refractivity contribution < 1.29 is 4.42 Å². The highest BCUT2D eigenvalue weighted by molar-refractivity contribution is 7.18. The molecule has 3 aliphatic carbocycles. The van der Waals surface area contributed by atoms with Crippen LogP contribution in [0.2, 0.25) is 0 Å². The van der Waals surface area contributed by atoms with E-state index in [4.69, 9.17) is 4.42 Å². The van der Waals surface area contributed by atoms with Gasteiger partial charge in [0, 0.05) is 40.8 Å². The summed E-state index contributed by atoms with van der Waals surface area (Å²) in [6.45, 7) is 10.5. The van der Waals surface area contributed by atoms with Crippen molar-refractivity contribution in [3.8, 4) is 17.1 Å². The first kappa shape index (κ1) is 51.6. The number of furan rings is 1. The Morgan fingerprint density at radius 2 is 1.00 bits per heavy atom. The number of hydrogen-bond donors (Lipinski definition) is 3. The van der Waals surface area contributed by atoms with Crippen LogP contribution in [0.5, 0.6) is 0 Å². The van der Waals surface area contributed by atoms with E-state index in [9.17, 15) is 0 Å². The number of benzene rings is 3. The topological polar surface area (TPSA) is 219 Å². The second-order valence-corrected chi connectivity index (χ2v) is 23.1. The summed E-state index contributed by atoms with van der Waals surface area (Å²) in [5.74, 6) is 5.18. The van der Waals surface area contributed by atoms with Crippen LogP contribution in [0.4, 0.5) is 17.5 Å². The molecule has 12 aromatic rings. The van der Waals surface area contributed by atoms with Gasteiger partial charge in [-0.05, 0) is 149 Å². The molecule has 15 rings (SSSR count). The summed E-state index contributed by atoms with van der Waals surface area (Å²) < 4.78 is 10.9. The number of hydrogen-bond acceptors (Lipinski definition) is 18. The first-order valence-electron chi connectivity index (χ1n) is 27.7. The highest BCUT2D eigenvalue weighted by Crippen LogP contribution is 2.41. The van der Waals surface area contributed by atoms with Crippen LogP contribution in [0.1, 0.15) is 147 Å². The molecule has 9 heterocycles. The molecule has 0 bridgehead atoms. The van der Waals surface area contributed by atoms with Gasteiger partial charge in [0.1, 0.15) is 45.6 Å². The Balaban J connectivity index is 0.000000114. The van der Waals surface area contributed by atoms with Crippen molar-refractivity contribution in [2.45, 2.75) is 115 Å². The van der Waals surface area contributed by atoms with Crippen molar-refractivity contribution >= 4 is 71.7 Å². The number of nitrogens with one attached hydrogen (secondary N) is 3. The smallest absolute Gasteiger partial charge is 0.231 e. The zero-order chi connectivity index (χ0) is 55.0. The van der Waals surface area contributed by atoms with Crippen LogP contribution >= 0.6 is 22.7 Å². The monoisotopic (exact) mass is 1110 g/mol. The quantitative estimate of drug-likeness (QED) is 0.0819. The van der Waals surface area contributed by atoms with Crippen LogP contribution in [0.25, 0.3) is 48.6 Å². The molecular formula is C60H60N18OS2. The molecule has 81 heavy (non-hydrogen) atoms. The van der Waals surface area contributed by atoms with E-state index in [1.807, 2.05) is 45.6 Å². The fraction of sp³-hybridized carbons (Fsp3) is 0.300. The minimum Gasteiger partial charge on any atom is -0.446 e. The van der Waals surface area contributed by atoms with E-state index >= 15 is 0 Å². The van der Waals surface area contributed by atoms with Crippen molar-refractivity contribution in [2.75, 3.05) is 16.0 Å². The summed E-state index contributed by atoms with van der Waals surface area (Å²) in [5, 5.41) is 41.2. The Morgan fingerprint density at radius 1 is 0.531 bits per heavy atom. The molecule has 3 aliphatic rings. The number of thiophene rings is 2. The first-order chi connectivity index (χ1) is 39.7. The van der Waals surface area contributed by atoms with Gasteiger partial charge in [0.25, 0.3) is 0 Å². The molecule has 21 heteroatoms. The third-order valence-electron chi connectivity index (χ3n) is 15.0. The highest BCUT2D eigenvalue weighted by atomic mass is 32.1. The Morgan fingerprint density at radius 3 is 1.48 bits per heavy atom. The lowest BCUT2D eigenvalue weighted by Gasteiger charge is -2.16. The summed E-state index contributed by atoms with van der Waals surface area (Å²) in [4.78, 5) is 29.8. The Bertz CT molecular complexity index is 4090. The molecule has 0 saturated heterocycles. The zero-order valence-corrected chi connectivity index (χ0v) is 47.2. The molecule has 0 radical (unpaired) electrons. The molecule has 0 aliphatic heterocycles. The standard InChI is InChI=1S/C21H22N6S.C20H20N6S.C19H18N6O/c1-3-17-10-18-20(22-12-23-21(18)28-17)24-13(2)14-6-8-16(9-7-14)27-11-19(25-26-27)15-4-5-15;1-12(21-19-17-9-10-27-20(17)23-13(2)22-19)14-5-7-16(8-6-14)26-11-18(24-25-26)15-3-4-15;1-12(22-18-16-8-9-26-19(16)21-11-20-18)13-4-6-15(7-5-13)25-10-17(23-24-25)14-2-3-14/h6-13,15H,3-5H2,1-2H3,(H,22,23,24);5-12,15H,3-4H2,1-2H3,(H,21,22,23);4-12,14H,2-3H2,1H3,(H,20,21,22). The van der Waals surface area contributed by atoms with Gasteiger partial charge in [-0.2, -0.15) is 0 Å². The normalized spacial score (nSPS) is 15.2. The number of aryl methyl sites for hydroxylation is 2. The van der Waals surface area contributed by atoms with E-state index in [2.05, 4.69) is 195 Å². The van der Waals surface area contributed by atoms with Gasteiger partial charge in [-0.3, -0.25) is 0 Å². The molecule has 3 unspecified atom stereocenters. The first-order valence-corrected chi connectivity index (χ1v) is 29.4. The second kappa shape index (κ2) is 22.4. The lowest BCUT2D eigenvalue weighted by molar-refractivity contribution is 0.602. The van der Waals surface area contributed by atoms with E-state index in [0.29, 0.717) is 23.5 Å². The SMILES string of the molecule is CC(Nc1ncnc2occc12)c1ccc(-n2cc(C3CC3)nn2)cc1.CCc1cc2c(NC(C)c3ccc(-n4cc(C5CC5)nn4)cc3)ncnc2s1.Cc1nc(NC(C)c2ccc(-n3cc(C4CC4)nn3)cc2)c2ccsc2n1. The van der Waals surface area contributed by atoms with Gasteiger partial charge in [0.15, 0.2) is 0 Å². The fourth-order valence-electron chi connectivity index (χ4n) is 9.69. The van der Waals surface area contributed by atoms with Crippen LogP contribution < -0.4 is 16.0 Å². The molecule has 9 aromatic heterocycles. The second-order valence-electron chi connectivity index (χ2n) is 21.1. The van der Waals surface area contributed by atoms with Gasteiger partial charge < -0.3 is 20.4 Å². The maximum atomic E-state index is 5.33. The molecule has 3 saturated carbocycles. The summed E-state index contributed by atoms with van der Waals surface area (Å²) >= 11 is 3.38. The minimum absolute atomic E-state index is 0.0924. The molecule has 3 fully saturated rings. The highest BCUT2D eigenvalue weighted by Gasteiger charge is 2.29. The summed E-state index contributed by atoms with van der Waals surface area (Å²) in [6, 6.07) is 31.7. The average molecular weight is 1110 g/mol. The van der Waals surface area contributed by atoms with Crippen LogP contribution in [-0.4, -0.2) is 74.9 Å². The molecule has 0 spiro atoms. The Labute approximate surface area is 475 Å². The number of nitrogens with zero attached hydrogens (tertiary/aromatic N) is 15. The third kappa shape index (κ3) is 11.6. The van der Waals surface area contributed by atoms with Gasteiger partial charge in [-0.25, -0.2) is 43.9 Å². The van der Waals surface area contributed by atoms with Gasteiger partial charge in [-0.15, -0.1) is 38.0 Å². The third-order valence-corrected chi connectivity index (χ3v) is 17.0. The summed E-state index contributed by atoms with van der Waals surface area (Å²) in [7, 11) is 0. The van der Waals surface area contributed by atoms with E-state index in [-0.39, 0.29) is 18.1 Å². The number of rotatable bonds is 16. The number of fused-ring (bicyclic) bond motifs is 3. The van der Waals surface area contributed by atoms with Crippen LogP contribution in [0, 0.1) is 6.92 Å². The van der Waals surface area contributed by atoms with Crippen LogP contribution in [0.3, 0.4) is 0 Å². The molecular weight excluding hydrogens is 1050 g/mol. The van der Waals surface area contributed by atoms with Crippen LogP contribution in [0.15, 0.2) is 138 Å². The molecule has 19 nitrogen and oxygen atoms in total.